The topological polar surface area (TPSA) is 32.7 Å². The highest BCUT2D eigenvalue weighted by molar-refractivity contribution is 6.47. The van der Waals surface area contributed by atoms with E-state index in [1.807, 2.05) is 26.0 Å². The van der Waals surface area contributed by atoms with Crippen LogP contribution in [0.2, 0.25) is 0 Å². The summed E-state index contributed by atoms with van der Waals surface area (Å²) in [5.41, 5.74) is 9.74. The molecule has 0 heterocycles. The molecule has 0 amide bonds. The third-order valence-electron chi connectivity index (χ3n) is 8.92. The van der Waals surface area contributed by atoms with E-state index in [2.05, 4.69) is 150 Å². The van der Waals surface area contributed by atoms with E-state index in [0.717, 1.165) is 33.7 Å². The first kappa shape index (κ1) is 31.1. The van der Waals surface area contributed by atoms with Crippen molar-refractivity contribution < 1.29 is 9.76 Å². The van der Waals surface area contributed by atoms with Gasteiger partial charge < -0.3 is 14.7 Å². The van der Waals surface area contributed by atoms with Crippen LogP contribution in [-0.4, -0.2) is 23.8 Å². The van der Waals surface area contributed by atoms with Crippen molar-refractivity contribution in [1.29, 1.82) is 0 Å². The zero-order valence-electron chi connectivity index (χ0n) is 27.0. The molecule has 0 aliphatic carbocycles. The van der Waals surface area contributed by atoms with Crippen LogP contribution in [0.3, 0.4) is 0 Å². The molecule has 6 rings (SSSR count). The Morgan fingerprint density at radius 1 is 0.457 bits per heavy atom. The van der Waals surface area contributed by atoms with Gasteiger partial charge in [-0.25, -0.2) is 0 Å². The van der Waals surface area contributed by atoms with Gasteiger partial charge in [-0.1, -0.05) is 127 Å². The largest absolute Gasteiger partial charge is 0.427 e. The summed E-state index contributed by atoms with van der Waals surface area (Å²) in [5, 5.41) is 10.5. The Morgan fingerprint density at radius 3 is 1.24 bits per heavy atom. The molecule has 46 heavy (non-hydrogen) atoms. The Balaban J connectivity index is 1.30. The Bertz CT molecular complexity index is 1780. The molecule has 0 aliphatic heterocycles. The second-order valence-corrected chi connectivity index (χ2v) is 12.8. The highest BCUT2D eigenvalue weighted by atomic mass is 16.5. The van der Waals surface area contributed by atoms with E-state index in [4.69, 9.17) is 4.65 Å². The number of nitrogens with zero attached hydrogens (tertiary/aromatic N) is 1. The van der Waals surface area contributed by atoms with Gasteiger partial charge in [0.25, 0.3) is 0 Å². The van der Waals surface area contributed by atoms with Crippen LogP contribution in [0.15, 0.2) is 158 Å². The minimum Gasteiger partial charge on any atom is -0.427 e. The SMILES string of the molecule is CC(C)(O)C(C)(C)OBc1cccc(-c2ccc(N(c3ccc(-c4ccccc4)cc3)c3ccc(-c4ccccc4)cc3)cc2)c1. The average molecular weight is 602 g/mol. The quantitative estimate of drug-likeness (QED) is 0.159. The predicted molar refractivity (Wildman–Crippen MR) is 196 cm³/mol. The molecule has 0 aromatic heterocycles. The van der Waals surface area contributed by atoms with Crippen molar-refractivity contribution in [2.45, 2.75) is 38.9 Å². The van der Waals surface area contributed by atoms with Crippen LogP contribution in [0.1, 0.15) is 27.7 Å². The summed E-state index contributed by atoms with van der Waals surface area (Å²) in [6.07, 6.45) is 0. The number of hydrogen-bond acceptors (Lipinski definition) is 3. The van der Waals surface area contributed by atoms with Gasteiger partial charge >= 0.3 is 7.48 Å². The van der Waals surface area contributed by atoms with Gasteiger partial charge in [0.15, 0.2) is 0 Å². The van der Waals surface area contributed by atoms with Crippen LogP contribution in [-0.2, 0) is 4.65 Å². The van der Waals surface area contributed by atoms with Crippen molar-refractivity contribution in [1.82, 2.24) is 0 Å². The molecule has 6 aromatic rings. The number of anilines is 3. The van der Waals surface area contributed by atoms with E-state index < -0.39 is 11.2 Å². The molecule has 0 spiro atoms. The third-order valence-corrected chi connectivity index (χ3v) is 8.92. The lowest BCUT2D eigenvalue weighted by molar-refractivity contribution is -0.0893. The maximum atomic E-state index is 10.5. The fourth-order valence-electron chi connectivity index (χ4n) is 5.40. The van der Waals surface area contributed by atoms with Crippen LogP contribution in [0, 0.1) is 0 Å². The summed E-state index contributed by atoms with van der Waals surface area (Å²) in [7, 11) is 0.425. The van der Waals surface area contributed by atoms with Crippen LogP contribution in [0.5, 0.6) is 0 Å². The van der Waals surface area contributed by atoms with Crippen LogP contribution in [0.25, 0.3) is 33.4 Å². The van der Waals surface area contributed by atoms with E-state index in [9.17, 15) is 5.11 Å². The molecule has 1 N–H and O–H groups in total. The van der Waals surface area contributed by atoms with Crippen molar-refractivity contribution in [2.24, 2.45) is 0 Å². The van der Waals surface area contributed by atoms with Crippen molar-refractivity contribution in [3.8, 4) is 33.4 Å². The number of aliphatic hydroxyl groups is 1. The maximum Gasteiger partial charge on any atom is 0.309 e. The van der Waals surface area contributed by atoms with Crippen molar-refractivity contribution in [3.63, 3.8) is 0 Å². The number of hydrogen-bond donors (Lipinski definition) is 1. The van der Waals surface area contributed by atoms with Crippen molar-refractivity contribution in [3.05, 3.63) is 158 Å². The van der Waals surface area contributed by atoms with Crippen LogP contribution in [0.4, 0.5) is 17.1 Å². The van der Waals surface area contributed by atoms with Gasteiger partial charge in [0, 0.05) is 17.1 Å². The molecule has 3 nitrogen and oxygen atoms in total. The summed E-state index contributed by atoms with van der Waals surface area (Å²) < 4.78 is 6.14. The Morgan fingerprint density at radius 2 is 0.826 bits per heavy atom. The summed E-state index contributed by atoms with van der Waals surface area (Å²) in [4.78, 5) is 2.30. The van der Waals surface area contributed by atoms with E-state index in [1.165, 1.54) is 22.3 Å². The lowest BCUT2D eigenvalue weighted by Gasteiger charge is -2.37. The molecule has 0 aliphatic rings. The zero-order valence-corrected chi connectivity index (χ0v) is 27.0. The molecule has 0 radical (unpaired) electrons. The van der Waals surface area contributed by atoms with Crippen molar-refractivity contribution >= 4 is 30.0 Å². The highest BCUT2D eigenvalue weighted by Crippen LogP contribution is 2.37. The van der Waals surface area contributed by atoms with Gasteiger partial charge in [0.05, 0.1) is 11.2 Å². The zero-order chi connectivity index (χ0) is 32.1. The molecule has 228 valence electrons. The minimum atomic E-state index is -0.948. The van der Waals surface area contributed by atoms with Crippen LogP contribution >= 0.6 is 0 Å². The molecule has 6 aromatic carbocycles. The molecule has 0 saturated carbocycles. The number of benzene rings is 6. The minimum absolute atomic E-state index is 0.425. The number of rotatable bonds is 10. The van der Waals surface area contributed by atoms with Crippen molar-refractivity contribution in [2.75, 3.05) is 4.90 Å². The van der Waals surface area contributed by atoms with E-state index >= 15 is 0 Å². The monoisotopic (exact) mass is 601 g/mol. The second kappa shape index (κ2) is 13.2. The van der Waals surface area contributed by atoms with Gasteiger partial charge in [-0.05, 0) is 97.5 Å². The molecule has 0 unspecified atom stereocenters. The fourth-order valence-corrected chi connectivity index (χ4v) is 5.40. The van der Waals surface area contributed by atoms with Gasteiger partial charge in [-0.3, -0.25) is 0 Å². The van der Waals surface area contributed by atoms with Gasteiger partial charge in [-0.2, -0.15) is 0 Å². The normalized spacial score (nSPS) is 11.7. The Hall–Kier alpha value is -4.90. The summed E-state index contributed by atoms with van der Waals surface area (Å²) in [6, 6.07) is 55.7. The second-order valence-electron chi connectivity index (χ2n) is 12.8. The molecule has 0 atom stereocenters. The average Bonchev–Trinajstić information content (AvgIpc) is 3.09. The molecular formula is C42H40BNO2. The summed E-state index contributed by atoms with van der Waals surface area (Å²) >= 11 is 0. The first-order valence-electron chi connectivity index (χ1n) is 15.8. The fraction of sp³-hybridized carbons (Fsp3) is 0.143. The summed E-state index contributed by atoms with van der Waals surface area (Å²) in [5.74, 6) is 0. The molecule has 0 bridgehead atoms. The lowest BCUT2D eigenvalue weighted by Crippen LogP contribution is -2.49. The van der Waals surface area contributed by atoms with Gasteiger partial charge in [-0.15, -0.1) is 0 Å². The predicted octanol–water partition coefficient (Wildman–Crippen LogP) is 9.70. The molecule has 0 saturated heterocycles. The molecular weight excluding hydrogens is 561 g/mol. The highest BCUT2D eigenvalue weighted by Gasteiger charge is 2.35. The Kier molecular flexibility index (Phi) is 8.94. The van der Waals surface area contributed by atoms with Crippen LogP contribution < -0.4 is 10.4 Å². The maximum absolute atomic E-state index is 10.5. The van der Waals surface area contributed by atoms with Gasteiger partial charge in [0.2, 0.25) is 0 Å². The first-order valence-corrected chi connectivity index (χ1v) is 15.8. The smallest absolute Gasteiger partial charge is 0.309 e. The summed E-state index contributed by atoms with van der Waals surface area (Å²) in [6.45, 7) is 7.41. The van der Waals surface area contributed by atoms with E-state index in [1.54, 1.807) is 13.8 Å². The van der Waals surface area contributed by atoms with Gasteiger partial charge in [0.1, 0.15) is 0 Å². The third kappa shape index (κ3) is 6.99. The first-order chi connectivity index (χ1) is 22.2. The standard InChI is InChI=1S/C42H40BNO2/c1-41(2,45)42(3,4)46-43-37-17-11-16-36(30-37)35-22-28-40(29-23-35)44(38-24-18-33(19-25-38)31-12-7-5-8-13-31)39-26-20-34(21-27-39)32-14-9-6-10-15-32/h5-30,43,45H,1-4H3. The lowest BCUT2D eigenvalue weighted by atomic mass is 9.81. The Labute approximate surface area is 274 Å². The molecule has 0 fully saturated rings. The van der Waals surface area contributed by atoms with E-state index in [0.29, 0.717) is 7.48 Å². The van der Waals surface area contributed by atoms with E-state index in [-0.39, 0.29) is 0 Å². The molecule has 4 heteroatoms.